The highest BCUT2D eigenvalue weighted by Crippen LogP contribution is 2.46. The maximum absolute atomic E-state index is 3.95. The van der Waals surface area contributed by atoms with Crippen molar-refractivity contribution < 1.29 is 0 Å². The molecule has 2 nitrogen and oxygen atoms in total. The lowest BCUT2D eigenvalue weighted by Crippen LogP contribution is -2.44. The number of para-hydroxylation sites is 2. The molecule has 14 rings (SSSR count). The molecule has 0 aromatic heterocycles. The van der Waals surface area contributed by atoms with Crippen LogP contribution in [-0.2, 0) is 0 Å². The van der Waals surface area contributed by atoms with Crippen LogP contribution in [0.1, 0.15) is 113 Å². The lowest BCUT2D eigenvalue weighted by atomic mass is 9.74. The van der Waals surface area contributed by atoms with E-state index in [1.807, 2.05) is 0 Å². The van der Waals surface area contributed by atoms with E-state index in [4.69, 9.17) is 0 Å². The minimum atomic E-state index is 0.173. The summed E-state index contributed by atoms with van der Waals surface area (Å²) >= 11 is 0. The van der Waals surface area contributed by atoms with Crippen molar-refractivity contribution in [3.63, 3.8) is 0 Å². The number of rotatable bonds is 6. The number of allylic oxidation sites excluding steroid dienone is 17. The molecule has 344 valence electrons. The van der Waals surface area contributed by atoms with Crippen molar-refractivity contribution in [2.45, 2.75) is 103 Å². The predicted molar refractivity (Wildman–Crippen MR) is 300 cm³/mol. The summed E-state index contributed by atoms with van der Waals surface area (Å²) in [6.07, 6.45) is 53.9. The quantitative estimate of drug-likeness (QED) is 0.183. The van der Waals surface area contributed by atoms with E-state index in [2.05, 4.69) is 187 Å². The van der Waals surface area contributed by atoms with Crippen molar-refractivity contribution >= 4 is 79.5 Å². The highest BCUT2D eigenvalue weighted by Gasteiger charge is 2.37. The molecule has 0 amide bonds. The van der Waals surface area contributed by atoms with E-state index >= 15 is 0 Å². The number of nitrogens with one attached hydrogen (secondary N) is 1. The van der Waals surface area contributed by atoms with Crippen LogP contribution in [-0.4, -0.2) is 12.2 Å². The fourth-order valence-electron chi connectivity index (χ4n) is 14.2. The van der Waals surface area contributed by atoms with Gasteiger partial charge in [0.15, 0.2) is 0 Å². The van der Waals surface area contributed by atoms with Gasteiger partial charge in [0.1, 0.15) is 6.17 Å². The van der Waals surface area contributed by atoms with Crippen molar-refractivity contribution in [2.75, 3.05) is 10.2 Å². The number of hydrogen-bond acceptors (Lipinski definition) is 2. The van der Waals surface area contributed by atoms with E-state index in [0.717, 1.165) is 64.2 Å². The van der Waals surface area contributed by atoms with E-state index in [1.165, 1.54) is 140 Å². The van der Waals surface area contributed by atoms with Gasteiger partial charge in [0.05, 0.1) is 17.4 Å². The Morgan fingerprint density at radius 1 is 0.500 bits per heavy atom. The van der Waals surface area contributed by atoms with Crippen LogP contribution >= 0.6 is 0 Å². The van der Waals surface area contributed by atoms with Gasteiger partial charge in [-0.2, -0.15) is 0 Å². The minimum Gasteiger partial charge on any atom is -0.360 e. The Morgan fingerprint density at radius 3 is 1.56 bits per heavy atom. The van der Waals surface area contributed by atoms with Crippen molar-refractivity contribution in [3.8, 4) is 0 Å². The van der Waals surface area contributed by atoms with Gasteiger partial charge in [0.25, 0.3) is 0 Å². The molecule has 1 N–H and O–H groups in total. The average Bonchev–Trinajstić information content (AvgIpc) is 3.81. The number of benzene rings is 5. The zero-order valence-corrected chi connectivity index (χ0v) is 40.6. The van der Waals surface area contributed by atoms with Gasteiger partial charge in [0.2, 0.25) is 0 Å². The Labute approximate surface area is 413 Å². The van der Waals surface area contributed by atoms with E-state index in [0.29, 0.717) is 17.9 Å². The molecule has 2 heteroatoms. The van der Waals surface area contributed by atoms with Gasteiger partial charge in [-0.15, -0.1) is 0 Å². The third kappa shape index (κ3) is 6.96. The Kier molecular flexibility index (Phi) is 10.3. The summed E-state index contributed by atoms with van der Waals surface area (Å²) in [7, 11) is 0. The Balaban J connectivity index is 0.840. The fraction of sp³-hybridized carbons (Fsp3) is 0.265. The third-order valence-corrected chi connectivity index (χ3v) is 17.4. The van der Waals surface area contributed by atoms with Gasteiger partial charge in [0, 0.05) is 0 Å². The van der Waals surface area contributed by atoms with Crippen molar-refractivity contribution in [1.82, 2.24) is 0 Å². The Morgan fingerprint density at radius 2 is 1.01 bits per heavy atom. The molecule has 70 heavy (non-hydrogen) atoms. The molecule has 0 saturated heterocycles. The van der Waals surface area contributed by atoms with Crippen molar-refractivity contribution in [3.05, 3.63) is 211 Å². The predicted octanol–water partition coefficient (Wildman–Crippen LogP) is 14.2. The zero-order valence-electron chi connectivity index (χ0n) is 40.6. The summed E-state index contributed by atoms with van der Waals surface area (Å²) in [5, 5.41) is 15.5. The van der Waals surface area contributed by atoms with Gasteiger partial charge in [-0.05, 0) is 218 Å². The molecule has 5 aromatic carbocycles. The van der Waals surface area contributed by atoms with E-state index in [-0.39, 0.29) is 6.17 Å². The fourth-order valence-corrected chi connectivity index (χ4v) is 14.2. The number of anilines is 2. The molecule has 4 unspecified atom stereocenters. The molecule has 0 bridgehead atoms. The first-order chi connectivity index (χ1) is 34.6. The summed E-state index contributed by atoms with van der Waals surface area (Å²) in [5.41, 5.74) is 20.5. The highest BCUT2D eigenvalue weighted by molar-refractivity contribution is 6.05. The molecule has 5 aromatic rings. The topological polar surface area (TPSA) is 15.3 Å². The molecule has 9 aliphatic rings. The van der Waals surface area contributed by atoms with Gasteiger partial charge < -0.3 is 10.2 Å². The first-order valence-corrected chi connectivity index (χ1v) is 26.7. The number of hydrogen-bond donors (Lipinski definition) is 1. The van der Waals surface area contributed by atoms with Crippen LogP contribution in [0.25, 0.3) is 68.1 Å². The van der Waals surface area contributed by atoms with Gasteiger partial charge in [-0.1, -0.05) is 163 Å². The zero-order chi connectivity index (χ0) is 46.3. The van der Waals surface area contributed by atoms with E-state index in [1.54, 1.807) is 0 Å². The number of nitrogens with zero attached hydrogens (tertiary/aromatic N) is 1. The summed E-state index contributed by atoms with van der Waals surface area (Å²) in [5.74, 6) is 1.20. The minimum absolute atomic E-state index is 0.173. The molecule has 4 atom stereocenters. The maximum atomic E-state index is 3.95. The highest BCUT2D eigenvalue weighted by atomic mass is 15.3. The standard InChI is InChI=1S/C68H62N2/c1-43-27-28-47-40-50(36-33-46(47)39-43)66-58-21-9-5-17-54(58)64(55-18-6-10-22-59(55)66)44-29-31-45(32-30-44)65-56-19-7-11-23-60(56)67(61-24-12-8-20-57(61)65)51-37-34-49-42-52(38-35-48(49)41-51)68-69-62-25-13-14-26-63(62)70(68)53-15-3-2-4-16-53/h2-5,7,9,11,13-15,17-29,31,35,38,40-41,46,49,53,68-69H,6,8,10,12,16,30,32-34,36-37,39,42H2,1H3. The monoisotopic (exact) mass is 906 g/mol. The smallest absolute Gasteiger partial charge is 0.122 e. The molecule has 1 aliphatic heterocycles. The molecule has 1 heterocycles. The maximum Gasteiger partial charge on any atom is 0.122 e. The lowest BCUT2D eigenvalue weighted by Gasteiger charge is -2.38. The molecular formula is C68H62N2. The second-order valence-electron chi connectivity index (χ2n) is 21.5. The normalized spacial score (nSPS) is 24.2. The second kappa shape index (κ2) is 17.2. The molecule has 8 aliphatic carbocycles. The summed E-state index contributed by atoms with van der Waals surface area (Å²) in [6.45, 7) is 2.29. The van der Waals surface area contributed by atoms with Crippen LogP contribution < -0.4 is 31.1 Å². The molecule has 0 radical (unpaired) electrons. The van der Waals surface area contributed by atoms with E-state index in [9.17, 15) is 0 Å². The van der Waals surface area contributed by atoms with Gasteiger partial charge in [-0.3, -0.25) is 0 Å². The largest absolute Gasteiger partial charge is 0.360 e. The summed E-state index contributed by atoms with van der Waals surface area (Å²) in [6, 6.07) is 28.0. The summed E-state index contributed by atoms with van der Waals surface area (Å²) < 4.78 is 0. The molecule has 0 spiro atoms. The van der Waals surface area contributed by atoms with Crippen molar-refractivity contribution in [2.24, 2.45) is 11.8 Å². The molecule has 0 saturated carbocycles. The Hall–Kier alpha value is -6.90. The average molecular weight is 907 g/mol. The first-order valence-electron chi connectivity index (χ1n) is 26.7. The first kappa shape index (κ1) is 42.0. The van der Waals surface area contributed by atoms with Crippen LogP contribution in [0.4, 0.5) is 11.4 Å². The molecule has 0 fully saturated rings. The van der Waals surface area contributed by atoms with Gasteiger partial charge >= 0.3 is 0 Å². The lowest BCUT2D eigenvalue weighted by molar-refractivity contribution is 0.529. The van der Waals surface area contributed by atoms with Crippen molar-refractivity contribution in [1.29, 1.82) is 0 Å². The van der Waals surface area contributed by atoms with Crippen LogP contribution in [0.5, 0.6) is 0 Å². The van der Waals surface area contributed by atoms with Crippen LogP contribution in [0.3, 0.4) is 0 Å². The van der Waals surface area contributed by atoms with Gasteiger partial charge in [-0.25, -0.2) is 0 Å². The van der Waals surface area contributed by atoms with Crippen LogP contribution in [0, 0.1) is 11.8 Å². The SMILES string of the molecule is CC1=CC=C2C=C(c3c4c(c(C5=CC=C(c6c7c(c(C8=CC9=CC=C(C%10Nc%11ccccc%11N%10C%10C=CC=CC%10)CC9CC8)c8ccccc68)=CCCC=7)CC5)c5ccccc35)=CCCC=4)CCC2C1. The second-order valence-corrected chi connectivity index (χ2v) is 21.5. The third-order valence-electron chi connectivity index (χ3n) is 17.4. The van der Waals surface area contributed by atoms with Crippen LogP contribution in [0.2, 0.25) is 0 Å². The number of fused-ring (bicyclic) bond motifs is 7. The summed E-state index contributed by atoms with van der Waals surface area (Å²) in [4.78, 5) is 2.63. The Bertz CT molecular complexity index is 3700. The molecular weight excluding hydrogens is 845 g/mol. The van der Waals surface area contributed by atoms with Crippen LogP contribution in [0.15, 0.2) is 168 Å². The van der Waals surface area contributed by atoms with E-state index < -0.39 is 0 Å².